The van der Waals surface area contributed by atoms with Crippen molar-refractivity contribution in [3.63, 3.8) is 0 Å². The van der Waals surface area contributed by atoms with Crippen molar-refractivity contribution in [1.82, 2.24) is 15.5 Å². The van der Waals surface area contributed by atoms with E-state index in [0.29, 0.717) is 26.2 Å². The molecule has 0 atom stereocenters. The third kappa shape index (κ3) is 3.09. The zero-order valence-corrected chi connectivity index (χ0v) is 9.12. The first kappa shape index (κ1) is 11.8. The first-order valence-corrected chi connectivity index (χ1v) is 4.94. The van der Waals surface area contributed by atoms with Crippen LogP contribution in [0.1, 0.15) is 13.8 Å². The van der Waals surface area contributed by atoms with Crippen molar-refractivity contribution < 1.29 is 9.59 Å². The summed E-state index contributed by atoms with van der Waals surface area (Å²) < 4.78 is 0. The van der Waals surface area contributed by atoms with Gasteiger partial charge in [-0.2, -0.15) is 0 Å². The van der Waals surface area contributed by atoms with Crippen molar-refractivity contribution in [2.24, 2.45) is 5.73 Å². The van der Waals surface area contributed by atoms with Crippen LogP contribution in [0.5, 0.6) is 0 Å². The number of urea groups is 1. The van der Waals surface area contributed by atoms with E-state index in [1.807, 2.05) is 0 Å². The van der Waals surface area contributed by atoms with Crippen molar-refractivity contribution >= 4 is 11.9 Å². The number of rotatable bonds is 2. The van der Waals surface area contributed by atoms with Gasteiger partial charge in [0.25, 0.3) is 0 Å². The molecule has 0 aromatic carbocycles. The fourth-order valence-corrected chi connectivity index (χ4v) is 1.57. The summed E-state index contributed by atoms with van der Waals surface area (Å²) in [5.41, 5.74) is 4.07. The van der Waals surface area contributed by atoms with Crippen LogP contribution in [-0.2, 0) is 4.79 Å². The largest absolute Gasteiger partial charge is 0.352 e. The van der Waals surface area contributed by atoms with Gasteiger partial charge in [0.15, 0.2) is 0 Å². The molecule has 1 saturated heterocycles. The molecule has 6 nitrogen and oxygen atoms in total. The highest BCUT2D eigenvalue weighted by Gasteiger charge is 2.33. The number of piperazine rings is 1. The van der Waals surface area contributed by atoms with E-state index in [9.17, 15) is 9.59 Å². The van der Waals surface area contributed by atoms with E-state index in [1.54, 1.807) is 18.7 Å². The van der Waals surface area contributed by atoms with Crippen LogP contribution < -0.4 is 16.4 Å². The average molecular weight is 213 g/mol. The Kier molecular flexibility index (Phi) is 3.52. The van der Waals surface area contributed by atoms with E-state index in [0.717, 1.165) is 0 Å². The Morgan fingerprint density at radius 3 is 2.33 bits per heavy atom. The molecule has 1 radical (unpaired) electrons. The molecule has 0 aromatic rings. The Morgan fingerprint density at radius 2 is 1.87 bits per heavy atom. The summed E-state index contributed by atoms with van der Waals surface area (Å²) in [4.78, 5) is 24.4. The maximum absolute atomic E-state index is 12.0. The number of hydrogen-bond acceptors (Lipinski definition) is 2. The van der Waals surface area contributed by atoms with Gasteiger partial charge < -0.3 is 16.0 Å². The number of carbonyl (C=O) groups is 2. The molecule has 0 aliphatic carbocycles. The van der Waals surface area contributed by atoms with Crippen LogP contribution in [-0.4, -0.2) is 48.6 Å². The SMILES string of the molecule is CC(C)(NC(N)=O)C(=O)N1CC[N]CC1. The zero-order chi connectivity index (χ0) is 11.5. The quantitative estimate of drug-likeness (QED) is 0.608. The summed E-state index contributed by atoms with van der Waals surface area (Å²) in [6.07, 6.45) is 0. The first-order valence-electron chi connectivity index (χ1n) is 4.94. The molecule has 3 N–H and O–H groups in total. The second-order valence-corrected chi connectivity index (χ2v) is 4.08. The van der Waals surface area contributed by atoms with Crippen molar-refractivity contribution in [3.05, 3.63) is 0 Å². The van der Waals surface area contributed by atoms with Gasteiger partial charge in [-0.1, -0.05) is 0 Å². The Bertz CT molecular complexity index is 259. The molecule has 0 aromatic heterocycles. The molecule has 85 valence electrons. The maximum atomic E-state index is 12.0. The highest BCUT2D eigenvalue weighted by atomic mass is 16.2. The molecule has 0 saturated carbocycles. The molecule has 1 heterocycles. The van der Waals surface area contributed by atoms with Crippen LogP contribution in [0.2, 0.25) is 0 Å². The molecule has 1 aliphatic heterocycles. The minimum absolute atomic E-state index is 0.115. The summed E-state index contributed by atoms with van der Waals surface area (Å²) in [7, 11) is 0. The van der Waals surface area contributed by atoms with Gasteiger partial charge in [0.05, 0.1) is 0 Å². The van der Waals surface area contributed by atoms with Gasteiger partial charge in [0, 0.05) is 26.2 Å². The van der Waals surface area contributed by atoms with E-state index in [4.69, 9.17) is 5.73 Å². The second-order valence-electron chi connectivity index (χ2n) is 4.08. The molecule has 0 spiro atoms. The lowest BCUT2D eigenvalue weighted by Crippen LogP contribution is -2.59. The average Bonchev–Trinajstić information content (AvgIpc) is 2.16. The summed E-state index contributed by atoms with van der Waals surface area (Å²) in [6, 6.07) is -0.685. The van der Waals surface area contributed by atoms with E-state index in [-0.39, 0.29) is 5.91 Å². The predicted molar refractivity (Wildman–Crippen MR) is 55.2 cm³/mol. The minimum atomic E-state index is -0.941. The lowest BCUT2D eigenvalue weighted by molar-refractivity contribution is -0.137. The summed E-state index contributed by atoms with van der Waals surface area (Å²) in [5.74, 6) is -0.115. The van der Waals surface area contributed by atoms with Crippen molar-refractivity contribution in [3.8, 4) is 0 Å². The molecule has 1 rings (SSSR count). The van der Waals surface area contributed by atoms with Crippen molar-refractivity contribution in [2.75, 3.05) is 26.2 Å². The third-order valence-electron chi connectivity index (χ3n) is 2.31. The molecule has 0 unspecified atom stereocenters. The van der Waals surface area contributed by atoms with Gasteiger partial charge >= 0.3 is 6.03 Å². The smallest absolute Gasteiger partial charge is 0.313 e. The van der Waals surface area contributed by atoms with Crippen LogP contribution in [0.25, 0.3) is 0 Å². The van der Waals surface area contributed by atoms with E-state index in [1.165, 1.54) is 0 Å². The highest BCUT2D eigenvalue weighted by Crippen LogP contribution is 2.08. The summed E-state index contributed by atoms with van der Waals surface area (Å²) in [5, 5.41) is 6.58. The van der Waals surface area contributed by atoms with Gasteiger partial charge in [-0.15, -0.1) is 0 Å². The normalized spacial score (nSPS) is 17.3. The van der Waals surface area contributed by atoms with Crippen LogP contribution in [0.3, 0.4) is 0 Å². The van der Waals surface area contributed by atoms with Crippen LogP contribution >= 0.6 is 0 Å². The Labute approximate surface area is 89.2 Å². The fraction of sp³-hybridized carbons (Fsp3) is 0.778. The van der Waals surface area contributed by atoms with E-state index >= 15 is 0 Å². The maximum Gasteiger partial charge on any atom is 0.313 e. The van der Waals surface area contributed by atoms with Gasteiger partial charge in [-0.25, -0.2) is 10.1 Å². The van der Waals surface area contributed by atoms with Gasteiger partial charge in [-0.3, -0.25) is 4.79 Å². The predicted octanol–water partition coefficient (Wildman–Crippen LogP) is -1.12. The Balaban J connectivity index is 2.60. The van der Waals surface area contributed by atoms with E-state index in [2.05, 4.69) is 10.6 Å². The van der Waals surface area contributed by atoms with Crippen LogP contribution in [0, 0.1) is 0 Å². The highest BCUT2D eigenvalue weighted by molar-refractivity contribution is 5.89. The molecule has 6 heteroatoms. The van der Waals surface area contributed by atoms with Gasteiger partial charge in [0.1, 0.15) is 5.54 Å². The standard InChI is InChI=1S/C9H17N4O2/c1-9(2,12-8(10)15)7(14)13-5-3-11-4-6-13/h3-6H2,1-2H3,(H3,10,12,15). The fourth-order valence-electron chi connectivity index (χ4n) is 1.57. The van der Waals surface area contributed by atoms with E-state index < -0.39 is 11.6 Å². The summed E-state index contributed by atoms with van der Waals surface area (Å²) in [6.45, 7) is 5.85. The lowest BCUT2D eigenvalue weighted by Gasteiger charge is -2.34. The molecule has 3 amide bonds. The van der Waals surface area contributed by atoms with Gasteiger partial charge in [-0.05, 0) is 13.8 Å². The number of carbonyl (C=O) groups excluding carboxylic acids is 2. The topological polar surface area (TPSA) is 89.5 Å². The van der Waals surface area contributed by atoms with Gasteiger partial charge in [0.2, 0.25) is 5.91 Å². The van der Waals surface area contributed by atoms with Crippen molar-refractivity contribution in [1.29, 1.82) is 0 Å². The Morgan fingerprint density at radius 1 is 1.33 bits per heavy atom. The molecular formula is C9H17N4O2. The van der Waals surface area contributed by atoms with Crippen LogP contribution in [0.15, 0.2) is 0 Å². The molecule has 1 aliphatic rings. The number of amides is 3. The third-order valence-corrected chi connectivity index (χ3v) is 2.31. The number of primary amides is 1. The van der Waals surface area contributed by atoms with Crippen LogP contribution in [0.4, 0.5) is 4.79 Å². The number of hydrogen-bond donors (Lipinski definition) is 2. The number of nitrogens with zero attached hydrogens (tertiary/aromatic N) is 2. The second kappa shape index (κ2) is 4.48. The summed E-state index contributed by atoms with van der Waals surface area (Å²) >= 11 is 0. The zero-order valence-electron chi connectivity index (χ0n) is 9.12. The number of nitrogens with one attached hydrogen (secondary N) is 1. The molecule has 15 heavy (non-hydrogen) atoms. The monoisotopic (exact) mass is 213 g/mol. The Hall–Kier alpha value is -1.30. The first-order chi connectivity index (χ1) is 6.93. The number of nitrogens with two attached hydrogens (primary N) is 1. The minimum Gasteiger partial charge on any atom is -0.352 e. The molecule has 1 fully saturated rings. The molecule has 0 bridgehead atoms. The lowest BCUT2D eigenvalue weighted by atomic mass is 10.0. The van der Waals surface area contributed by atoms with Crippen molar-refractivity contribution in [2.45, 2.75) is 19.4 Å². The molecular weight excluding hydrogens is 196 g/mol.